The first kappa shape index (κ1) is 19.4. The monoisotopic (exact) mass is 346 g/mol. The molecule has 0 fully saturated rings. The van der Waals surface area contributed by atoms with E-state index < -0.39 is 13.4 Å². The van der Waals surface area contributed by atoms with E-state index in [4.69, 9.17) is 20.6 Å². The molecule has 0 aromatic heterocycles. The molecule has 0 saturated carbocycles. The molecule has 0 spiro atoms. The van der Waals surface area contributed by atoms with Crippen molar-refractivity contribution in [3.8, 4) is 0 Å². The lowest BCUT2D eigenvalue weighted by Gasteiger charge is -2.26. The van der Waals surface area contributed by atoms with Crippen LogP contribution in [0.2, 0.25) is 0 Å². The fourth-order valence-electron chi connectivity index (χ4n) is 2.08. The zero-order valence-corrected chi connectivity index (χ0v) is 15.6. The number of halogens is 1. The Morgan fingerprint density at radius 3 is 2.14 bits per heavy atom. The van der Waals surface area contributed by atoms with E-state index in [1.807, 2.05) is 45.3 Å². The Hall–Kier alpha value is -0.640. The molecule has 0 bridgehead atoms. The molecule has 0 aliphatic rings. The second-order valence-corrected chi connectivity index (χ2v) is 7.84. The molecular weight excluding hydrogens is 321 g/mol. The number of aryl methyl sites for hydroxylation is 1. The topological polar surface area (TPSA) is 40.0 Å². The second-order valence-electron chi connectivity index (χ2n) is 5.28. The number of hydrogen-bond acceptors (Lipinski definition) is 3. The lowest BCUT2D eigenvalue weighted by atomic mass is 10.1. The average Bonchev–Trinajstić information content (AvgIpc) is 2.45. The Balaban J connectivity index is 3.16. The van der Waals surface area contributed by atoms with Gasteiger partial charge in [0, 0.05) is 6.08 Å². The molecule has 1 rings (SSSR count). The van der Waals surface area contributed by atoms with Crippen LogP contribution in [-0.2, 0) is 13.6 Å². The van der Waals surface area contributed by atoms with Gasteiger partial charge in [-0.3, -0.25) is 4.57 Å². The maximum absolute atomic E-state index is 13.0. The lowest BCUT2D eigenvalue weighted by Crippen LogP contribution is -3.09. The van der Waals surface area contributed by atoms with Gasteiger partial charge in [-0.15, -0.1) is 0 Å². The Morgan fingerprint density at radius 1 is 1.23 bits per heavy atom. The van der Waals surface area contributed by atoms with Gasteiger partial charge in [0.2, 0.25) is 5.78 Å². The van der Waals surface area contributed by atoms with Crippen LogP contribution in [0.25, 0.3) is 5.03 Å². The molecule has 124 valence electrons. The molecule has 0 amide bonds. The predicted molar refractivity (Wildman–Crippen MR) is 92.5 cm³/mol. The van der Waals surface area contributed by atoms with Crippen LogP contribution in [0.3, 0.4) is 0 Å². The molecule has 1 aromatic rings. The molecule has 0 aliphatic heterocycles. The van der Waals surface area contributed by atoms with Crippen molar-refractivity contribution in [1.82, 2.24) is 0 Å². The van der Waals surface area contributed by atoms with Crippen molar-refractivity contribution in [3.05, 3.63) is 41.5 Å². The molecule has 4 nitrogen and oxygen atoms in total. The number of likely N-dealkylation sites (N-methyl/N-ethyl adjacent to an activating group) is 1. The number of benzene rings is 1. The van der Waals surface area contributed by atoms with Crippen molar-refractivity contribution in [2.75, 3.05) is 27.3 Å². The van der Waals surface area contributed by atoms with Gasteiger partial charge in [-0.1, -0.05) is 41.4 Å². The highest BCUT2D eigenvalue weighted by Crippen LogP contribution is 2.51. The van der Waals surface area contributed by atoms with Crippen LogP contribution in [-0.4, -0.2) is 33.1 Å². The summed E-state index contributed by atoms with van der Waals surface area (Å²) in [5.74, 6) is -0.457. The maximum atomic E-state index is 13.0. The van der Waals surface area contributed by atoms with E-state index in [2.05, 4.69) is 0 Å². The zero-order chi connectivity index (χ0) is 16.8. The highest BCUT2D eigenvalue weighted by molar-refractivity contribution is 7.54. The van der Waals surface area contributed by atoms with Gasteiger partial charge >= 0.3 is 7.60 Å². The fraction of sp³-hybridized carbons (Fsp3) is 0.500. The normalized spacial score (nSPS) is 14.4. The van der Waals surface area contributed by atoms with Gasteiger partial charge in [0.1, 0.15) is 0 Å². The van der Waals surface area contributed by atoms with Crippen LogP contribution in [0.4, 0.5) is 0 Å². The second kappa shape index (κ2) is 8.85. The summed E-state index contributed by atoms with van der Waals surface area (Å²) in [6, 6.07) is 7.88. The summed E-state index contributed by atoms with van der Waals surface area (Å²) in [5.41, 5.74) is 2.05. The minimum Gasteiger partial charge on any atom is -0.324 e. The highest BCUT2D eigenvalue weighted by atomic mass is 35.5. The van der Waals surface area contributed by atoms with Crippen LogP contribution < -0.4 is 4.90 Å². The Bertz CT molecular complexity index is 533. The largest absolute Gasteiger partial charge is 0.391 e. The standard InChI is InChI=1S/C16H25ClNO3P/c1-6-20-22(19,21-7-2)16(18(4)5)12-15(17)14-10-8-13(3)9-11-14/h8-12,16H,6-7H2,1-5H3/p+1. The molecule has 6 heteroatoms. The average molecular weight is 347 g/mol. The van der Waals surface area contributed by atoms with Crippen LogP contribution in [0.1, 0.15) is 25.0 Å². The van der Waals surface area contributed by atoms with Gasteiger partial charge in [-0.25, -0.2) is 0 Å². The summed E-state index contributed by atoms with van der Waals surface area (Å²) in [4.78, 5) is 0.940. The third kappa shape index (κ3) is 5.22. The van der Waals surface area contributed by atoms with Gasteiger partial charge in [0.25, 0.3) is 0 Å². The van der Waals surface area contributed by atoms with E-state index in [9.17, 15) is 4.57 Å². The van der Waals surface area contributed by atoms with Gasteiger partial charge in [0.05, 0.1) is 32.3 Å². The van der Waals surface area contributed by atoms with E-state index in [1.165, 1.54) is 0 Å². The molecule has 1 aromatic carbocycles. The van der Waals surface area contributed by atoms with Gasteiger partial charge in [0.15, 0.2) is 0 Å². The van der Waals surface area contributed by atoms with Gasteiger partial charge in [-0.05, 0) is 26.3 Å². The molecule has 22 heavy (non-hydrogen) atoms. The summed E-state index contributed by atoms with van der Waals surface area (Å²) in [7, 11) is 0.548. The fourth-order valence-corrected chi connectivity index (χ4v) is 4.50. The van der Waals surface area contributed by atoms with Crippen LogP contribution in [0.5, 0.6) is 0 Å². The molecule has 0 aliphatic carbocycles. The SMILES string of the molecule is CCOP(=O)(OCC)C(C=C(Cl)c1ccc(C)cc1)[NH+](C)C. The Morgan fingerprint density at radius 2 is 1.73 bits per heavy atom. The van der Waals surface area contributed by atoms with Crippen molar-refractivity contribution >= 4 is 24.2 Å². The number of nitrogens with one attached hydrogen (secondary N) is 1. The van der Waals surface area contributed by atoms with E-state index in [0.717, 1.165) is 16.0 Å². The molecule has 1 unspecified atom stereocenters. The third-order valence-electron chi connectivity index (χ3n) is 3.18. The molecule has 1 atom stereocenters. The smallest absolute Gasteiger partial charge is 0.324 e. The highest BCUT2D eigenvalue weighted by Gasteiger charge is 2.39. The van der Waals surface area contributed by atoms with Crippen molar-refractivity contribution < 1.29 is 18.5 Å². The van der Waals surface area contributed by atoms with Crippen LogP contribution in [0, 0.1) is 6.92 Å². The van der Waals surface area contributed by atoms with E-state index >= 15 is 0 Å². The predicted octanol–water partition coefficient (Wildman–Crippen LogP) is 3.31. The first-order valence-electron chi connectivity index (χ1n) is 7.47. The number of rotatable bonds is 8. The summed E-state index contributed by atoms with van der Waals surface area (Å²) >= 11 is 6.42. The zero-order valence-electron chi connectivity index (χ0n) is 13.9. The molecule has 0 heterocycles. The maximum Gasteiger partial charge on any atom is 0.391 e. The van der Waals surface area contributed by atoms with Crippen molar-refractivity contribution in [3.63, 3.8) is 0 Å². The molecule has 0 saturated heterocycles. The molecule has 1 N–H and O–H groups in total. The summed E-state index contributed by atoms with van der Waals surface area (Å²) in [5, 5.41) is 0.547. The quantitative estimate of drug-likeness (QED) is 0.734. The first-order valence-corrected chi connectivity index (χ1v) is 9.46. The van der Waals surface area contributed by atoms with Crippen molar-refractivity contribution in [2.45, 2.75) is 26.6 Å². The number of hydrogen-bond donors (Lipinski definition) is 1. The number of quaternary nitrogens is 1. The first-order chi connectivity index (χ1) is 10.3. The molecule has 0 radical (unpaired) electrons. The van der Waals surface area contributed by atoms with Crippen molar-refractivity contribution in [2.24, 2.45) is 0 Å². The minimum absolute atomic E-state index is 0.330. The molecular formula is C16H26ClNO3P+. The third-order valence-corrected chi connectivity index (χ3v) is 6.11. The minimum atomic E-state index is -3.27. The van der Waals surface area contributed by atoms with Crippen LogP contribution >= 0.6 is 19.2 Å². The summed E-state index contributed by atoms with van der Waals surface area (Å²) in [6.07, 6.45) is 1.77. The lowest BCUT2D eigenvalue weighted by molar-refractivity contribution is -0.865. The summed E-state index contributed by atoms with van der Waals surface area (Å²) < 4.78 is 23.9. The van der Waals surface area contributed by atoms with Crippen molar-refractivity contribution in [1.29, 1.82) is 0 Å². The van der Waals surface area contributed by atoms with E-state index in [-0.39, 0.29) is 0 Å². The summed E-state index contributed by atoms with van der Waals surface area (Å²) in [6.45, 7) is 6.29. The van der Waals surface area contributed by atoms with E-state index in [1.54, 1.807) is 19.9 Å². The Labute approximate surface area is 138 Å². The van der Waals surface area contributed by atoms with E-state index in [0.29, 0.717) is 18.2 Å². The van der Waals surface area contributed by atoms with Gasteiger partial charge < -0.3 is 13.9 Å². The van der Waals surface area contributed by atoms with Crippen LogP contribution in [0.15, 0.2) is 30.3 Å². The Kier molecular flexibility index (Phi) is 7.81. The van der Waals surface area contributed by atoms with Gasteiger partial charge in [-0.2, -0.15) is 0 Å².